The lowest BCUT2D eigenvalue weighted by atomic mass is 9.95. The number of thiophene rings is 1. The van der Waals surface area contributed by atoms with Gasteiger partial charge in [-0.25, -0.2) is 4.79 Å². The molecule has 1 aliphatic carbocycles. The monoisotopic (exact) mass is 536 g/mol. The van der Waals surface area contributed by atoms with Gasteiger partial charge in [-0.3, -0.25) is 9.59 Å². The highest BCUT2D eigenvalue weighted by Gasteiger charge is 2.27. The molecule has 3 aromatic rings. The lowest BCUT2D eigenvalue weighted by molar-refractivity contribution is -0.122. The highest BCUT2D eigenvalue weighted by atomic mass is 32.1. The molecule has 200 valence electrons. The minimum Gasteiger partial charge on any atom is -0.494 e. The smallest absolute Gasteiger partial charge is 0.341 e. The van der Waals surface area contributed by atoms with Crippen LogP contribution >= 0.6 is 11.3 Å². The van der Waals surface area contributed by atoms with Crippen LogP contribution in [-0.4, -0.2) is 37.1 Å². The first-order chi connectivity index (χ1) is 18.4. The lowest BCUT2D eigenvalue weighted by Crippen LogP contribution is -2.30. The van der Waals surface area contributed by atoms with Crippen LogP contribution in [0, 0.1) is 0 Å². The van der Waals surface area contributed by atoms with E-state index < -0.39 is 12.1 Å². The first kappa shape index (κ1) is 27.2. The van der Waals surface area contributed by atoms with E-state index in [-0.39, 0.29) is 18.4 Å². The van der Waals surface area contributed by atoms with Gasteiger partial charge in [0.25, 0.3) is 11.8 Å². The van der Waals surface area contributed by atoms with E-state index in [2.05, 4.69) is 10.6 Å². The van der Waals surface area contributed by atoms with Crippen LogP contribution < -0.4 is 20.1 Å². The quantitative estimate of drug-likeness (QED) is 0.315. The van der Waals surface area contributed by atoms with Gasteiger partial charge in [-0.2, -0.15) is 0 Å². The number of carbonyl (C=O) groups is 3. The van der Waals surface area contributed by atoms with Crippen molar-refractivity contribution in [2.24, 2.45) is 0 Å². The summed E-state index contributed by atoms with van der Waals surface area (Å²) >= 11 is 1.45. The third-order valence-corrected chi connectivity index (χ3v) is 7.32. The standard InChI is InChI=1S/C29H32N2O6S/c1-4-35-21-16-12-20(13-17-21)30-26(32)18(3)37-22-14-10-19(11-15-22)27(33)31-28-25(29(34)36-5-2)23-8-6-7-9-24(23)38-28/h10-18H,4-9H2,1-3H3,(H,30,32)(H,31,33)/t18-/m1/s1. The number of hydrogen-bond acceptors (Lipinski definition) is 7. The number of carbonyl (C=O) groups excluding carboxylic acids is 3. The highest BCUT2D eigenvalue weighted by Crippen LogP contribution is 2.38. The number of hydrogen-bond donors (Lipinski definition) is 2. The molecule has 4 rings (SSSR count). The van der Waals surface area contributed by atoms with Crippen LogP contribution in [0.1, 0.15) is 64.8 Å². The highest BCUT2D eigenvalue weighted by molar-refractivity contribution is 7.17. The Balaban J connectivity index is 1.38. The zero-order valence-corrected chi connectivity index (χ0v) is 22.6. The van der Waals surface area contributed by atoms with E-state index in [0.717, 1.165) is 41.9 Å². The molecular weight excluding hydrogens is 504 g/mol. The fourth-order valence-corrected chi connectivity index (χ4v) is 5.51. The number of amides is 2. The van der Waals surface area contributed by atoms with Crippen LogP contribution in [0.3, 0.4) is 0 Å². The SMILES string of the molecule is CCOC(=O)c1c(NC(=O)c2ccc(O[C@H](C)C(=O)Nc3ccc(OCC)cc3)cc2)sc2c1CCCC2. The maximum absolute atomic E-state index is 13.0. The van der Waals surface area contributed by atoms with E-state index in [9.17, 15) is 14.4 Å². The van der Waals surface area contributed by atoms with Crippen LogP contribution in [-0.2, 0) is 22.4 Å². The van der Waals surface area contributed by atoms with Crippen LogP contribution in [0.5, 0.6) is 11.5 Å². The number of aryl methyl sites for hydroxylation is 1. The largest absolute Gasteiger partial charge is 0.494 e. The summed E-state index contributed by atoms with van der Waals surface area (Å²) < 4.78 is 16.4. The molecule has 8 nitrogen and oxygen atoms in total. The van der Waals surface area contributed by atoms with Gasteiger partial charge in [0, 0.05) is 16.1 Å². The van der Waals surface area contributed by atoms with Gasteiger partial charge in [0.15, 0.2) is 6.10 Å². The van der Waals surface area contributed by atoms with Crippen LogP contribution in [0.4, 0.5) is 10.7 Å². The van der Waals surface area contributed by atoms with Crippen molar-refractivity contribution in [1.29, 1.82) is 0 Å². The van der Waals surface area contributed by atoms with Crippen molar-refractivity contribution in [2.45, 2.75) is 52.6 Å². The Morgan fingerprint density at radius 1 is 0.895 bits per heavy atom. The van der Waals surface area contributed by atoms with Crippen molar-refractivity contribution in [3.05, 3.63) is 70.1 Å². The minimum atomic E-state index is -0.758. The maximum Gasteiger partial charge on any atom is 0.341 e. The lowest BCUT2D eigenvalue weighted by Gasteiger charge is -2.15. The summed E-state index contributed by atoms with van der Waals surface area (Å²) in [6, 6.07) is 13.6. The molecule has 0 aliphatic heterocycles. The minimum absolute atomic E-state index is 0.273. The van der Waals surface area contributed by atoms with Gasteiger partial charge < -0.3 is 24.8 Å². The second kappa shape index (κ2) is 12.6. The number of rotatable bonds is 10. The van der Waals surface area contributed by atoms with Gasteiger partial charge in [0.1, 0.15) is 16.5 Å². The van der Waals surface area contributed by atoms with E-state index in [4.69, 9.17) is 14.2 Å². The fourth-order valence-electron chi connectivity index (χ4n) is 4.24. The van der Waals surface area contributed by atoms with Crippen LogP contribution in [0.25, 0.3) is 0 Å². The van der Waals surface area contributed by atoms with Gasteiger partial charge in [-0.1, -0.05) is 0 Å². The zero-order chi connectivity index (χ0) is 27.1. The Morgan fingerprint density at radius 3 is 2.26 bits per heavy atom. The summed E-state index contributed by atoms with van der Waals surface area (Å²) in [7, 11) is 0. The average Bonchev–Trinajstić information content (AvgIpc) is 3.28. The van der Waals surface area contributed by atoms with Crippen molar-refractivity contribution in [2.75, 3.05) is 23.8 Å². The third-order valence-electron chi connectivity index (χ3n) is 6.11. The van der Waals surface area contributed by atoms with Crippen LogP contribution in [0.15, 0.2) is 48.5 Å². The Labute approximate surface area is 226 Å². The predicted molar refractivity (Wildman–Crippen MR) is 148 cm³/mol. The van der Waals surface area contributed by atoms with Gasteiger partial charge >= 0.3 is 5.97 Å². The molecule has 1 aliphatic rings. The molecule has 38 heavy (non-hydrogen) atoms. The van der Waals surface area contributed by atoms with Crippen molar-refractivity contribution < 1.29 is 28.6 Å². The summed E-state index contributed by atoms with van der Waals surface area (Å²) in [6.07, 6.45) is 3.04. The topological polar surface area (TPSA) is 103 Å². The first-order valence-electron chi connectivity index (χ1n) is 12.8. The summed E-state index contributed by atoms with van der Waals surface area (Å²) in [5, 5.41) is 6.25. The molecule has 0 fully saturated rings. The second-order valence-corrected chi connectivity index (χ2v) is 9.93. The van der Waals surface area contributed by atoms with Crippen molar-refractivity contribution in [3.8, 4) is 11.5 Å². The molecule has 1 aromatic heterocycles. The number of anilines is 2. The first-order valence-corrected chi connectivity index (χ1v) is 13.6. The number of benzene rings is 2. The van der Waals surface area contributed by atoms with E-state index in [0.29, 0.717) is 34.2 Å². The molecule has 0 radical (unpaired) electrons. The molecule has 2 N–H and O–H groups in total. The number of nitrogens with one attached hydrogen (secondary N) is 2. The summed E-state index contributed by atoms with van der Waals surface area (Å²) in [6.45, 7) is 6.17. The molecule has 2 amide bonds. The molecule has 1 atom stereocenters. The Bertz CT molecular complexity index is 1280. The predicted octanol–water partition coefficient (Wildman–Crippen LogP) is 5.86. The second-order valence-electron chi connectivity index (χ2n) is 8.82. The Hall–Kier alpha value is -3.85. The van der Waals surface area contributed by atoms with Gasteiger partial charge in [0.2, 0.25) is 0 Å². The summed E-state index contributed by atoms with van der Waals surface area (Å²) in [4.78, 5) is 39.3. The molecule has 0 saturated heterocycles. The molecule has 0 unspecified atom stereocenters. The number of esters is 1. The molecular formula is C29H32N2O6S. The van der Waals surface area contributed by atoms with Gasteiger partial charge in [0.05, 0.1) is 18.8 Å². The van der Waals surface area contributed by atoms with E-state index in [1.54, 1.807) is 62.4 Å². The molecule has 9 heteroatoms. The van der Waals surface area contributed by atoms with E-state index >= 15 is 0 Å². The Morgan fingerprint density at radius 2 is 1.58 bits per heavy atom. The molecule has 0 saturated carbocycles. The molecule has 0 spiro atoms. The number of ether oxygens (including phenoxy) is 3. The summed E-state index contributed by atoms with van der Waals surface area (Å²) in [5.74, 6) is 0.152. The van der Waals surface area contributed by atoms with Crippen LogP contribution in [0.2, 0.25) is 0 Å². The molecule has 1 heterocycles. The normalized spacial score (nSPS) is 13.1. The maximum atomic E-state index is 13.0. The van der Waals surface area contributed by atoms with E-state index in [1.165, 1.54) is 11.3 Å². The van der Waals surface area contributed by atoms with Crippen molar-refractivity contribution in [1.82, 2.24) is 0 Å². The average molecular weight is 537 g/mol. The molecule has 0 bridgehead atoms. The molecule has 2 aromatic carbocycles. The zero-order valence-electron chi connectivity index (χ0n) is 21.8. The third kappa shape index (κ3) is 6.52. The van der Waals surface area contributed by atoms with Crippen molar-refractivity contribution >= 4 is 39.8 Å². The fraction of sp³-hybridized carbons (Fsp3) is 0.345. The Kier molecular flexibility index (Phi) is 9.02. The number of fused-ring (bicyclic) bond motifs is 1. The summed E-state index contributed by atoms with van der Waals surface area (Å²) in [5.41, 5.74) is 2.52. The van der Waals surface area contributed by atoms with Crippen molar-refractivity contribution in [3.63, 3.8) is 0 Å². The van der Waals surface area contributed by atoms with Gasteiger partial charge in [-0.05, 0) is 101 Å². The van der Waals surface area contributed by atoms with Gasteiger partial charge in [-0.15, -0.1) is 11.3 Å². The van der Waals surface area contributed by atoms with E-state index in [1.807, 2.05) is 6.92 Å².